The van der Waals surface area contributed by atoms with Crippen LogP contribution in [0.2, 0.25) is 0 Å². The molecular formula is C21H19N7O3. The lowest BCUT2D eigenvalue weighted by Gasteiger charge is -2.27. The van der Waals surface area contributed by atoms with E-state index in [-0.39, 0.29) is 5.95 Å². The Labute approximate surface area is 176 Å². The second kappa shape index (κ2) is 6.94. The molecule has 1 atom stereocenters. The topological polar surface area (TPSA) is 126 Å². The molecule has 2 N–H and O–H groups in total. The third-order valence-corrected chi connectivity index (χ3v) is 5.25. The summed E-state index contributed by atoms with van der Waals surface area (Å²) in [7, 11) is 1.35. The number of nitrogens with two attached hydrogens (primary N) is 1. The number of nitrogens with zero attached hydrogens (tertiary/aromatic N) is 6. The Morgan fingerprint density at radius 3 is 2.68 bits per heavy atom. The number of hydrogen-bond donors (Lipinski definition) is 1. The number of fused-ring (bicyclic) bond motifs is 3. The first kappa shape index (κ1) is 18.8. The predicted octanol–water partition coefficient (Wildman–Crippen LogP) is 2.45. The maximum absolute atomic E-state index is 12.9. The number of benzene rings is 1. The lowest BCUT2D eigenvalue weighted by molar-refractivity contribution is -0.150. The lowest BCUT2D eigenvalue weighted by atomic mass is 9.93. The van der Waals surface area contributed by atoms with Crippen molar-refractivity contribution in [3.8, 4) is 11.6 Å². The van der Waals surface area contributed by atoms with E-state index in [9.17, 15) is 4.79 Å². The number of furan rings is 1. The van der Waals surface area contributed by atoms with Crippen LogP contribution in [-0.2, 0) is 21.5 Å². The van der Waals surface area contributed by atoms with Gasteiger partial charge in [0, 0.05) is 6.42 Å². The van der Waals surface area contributed by atoms with Crippen LogP contribution in [0.4, 0.5) is 5.95 Å². The molecule has 1 unspecified atom stereocenters. The van der Waals surface area contributed by atoms with Gasteiger partial charge in [0.15, 0.2) is 22.6 Å². The first-order chi connectivity index (χ1) is 15.0. The van der Waals surface area contributed by atoms with E-state index in [0.29, 0.717) is 34.7 Å². The molecule has 5 aromatic rings. The number of anilines is 1. The van der Waals surface area contributed by atoms with Gasteiger partial charge in [0.25, 0.3) is 0 Å². The average molecular weight is 417 g/mol. The van der Waals surface area contributed by atoms with E-state index in [1.807, 2.05) is 30.3 Å². The number of ether oxygens (including phenoxy) is 1. The zero-order chi connectivity index (χ0) is 21.6. The van der Waals surface area contributed by atoms with Crippen LogP contribution in [0.25, 0.3) is 28.3 Å². The summed E-state index contributed by atoms with van der Waals surface area (Å²) in [6.45, 7) is 1.76. The van der Waals surface area contributed by atoms with Gasteiger partial charge in [-0.25, -0.2) is 14.5 Å². The van der Waals surface area contributed by atoms with E-state index in [1.54, 1.807) is 36.2 Å². The van der Waals surface area contributed by atoms with Crippen molar-refractivity contribution in [3.63, 3.8) is 0 Å². The van der Waals surface area contributed by atoms with Crippen LogP contribution in [0.3, 0.4) is 0 Å². The molecule has 0 aliphatic carbocycles. The summed E-state index contributed by atoms with van der Waals surface area (Å²) in [5, 5.41) is 9.48. The van der Waals surface area contributed by atoms with Crippen molar-refractivity contribution in [2.75, 3.05) is 12.8 Å². The Morgan fingerprint density at radius 2 is 1.97 bits per heavy atom. The smallest absolute Gasteiger partial charge is 0.333 e. The fourth-order valence-corrected chi connectivity index (χ4v) is 3.73. The van der Waals surface area contributed by atoms with Crippen LogP contribution < -0.4 is 5.73 Å². The minimum atomic E-state index is -1.15. The van der Waals surface area contributed by atoms with Crippen molar-refractivity contribution in [1.29, 1.82) is 0 Å². The van der Waals surface area contributed by atoms with Crippen LogP contribution in [-0.4, -0.2) is 42.4 Å². The number of esters is 1. The number of carbonyl (C=O) groups excluding carboxylic acids is 1. The van der Waals surface area contributed by atoms with Gasteiger partial charge >= 0.3 is 5.97 Å². The summed E-state index contributed by atoms with van der Waals surface area (Å²) in [5.74, 6) is 0.548. The Morgan fingerprint density at radius 1 is 1.16 bits per heavy atom. The zero-order valence-corrected chi connectivity index (χ0v) is 16.9. The Hall–Kier alpha value is -4.21. The molecule has 10 heteroatoms. The summed E-state index contributed by atoms with van der Waals surface area (Å²) in [4.78, 5) is 21.9. The molecule has 0 amide bonds. The number of nitrogen functional groups attached to an aromatic ring is 1. The highest BCUT2D eigenvalue weighted by atomic mass is 16.5. The number of carbonyl (C=O) groups is 1. The summed E-state index contributed by atoms with van der Waals surface area (Å²) >= 11 is 0. The molecular weight excluding hydrogens is 398 g/mol. The lowest BCUT2D eigenvalue weighted by Crippen LogP contribution is -2.43. The van der Waals surface area contributed by atoms with Crippen LogP contribution >= 0.6 is 0 Å². The first-order valence-electron chi connectivity index (χ1n) is 9.58. The molecule has 0 saturated heterocycles. The molecule has 0 spiro atoms. The van der Waals surface area contributed by atoms with E-state index in [0.717, 1.165) is 5.56 Å². The molecule has 5 rings (SSSR count). The molecule has 0 aliphatic heterocycles. The molecule has 31 heavy (non-hydrogen) atoms. The quantitative estimate of drug-likeness (QED) is 0.432. The molecule has 156 valence electrons. The predicted molar refractivity (Wildman–Crippen MR) is 112 cm³/mol. The van der Waals surface area contributed by atoms with Gasteiger partial charge in [0.05, 0.1) is 25.0 Å². The number of hydrogen-bond acceptors (Lipinski definition) is 8. The second-order valence-electron chi connectivity index (χ2n) is 7.34. The highest BCUT2D eigenvalue weighted by Crippen LogP contribution is 2.30. The summed E-state index contributed by atoms with van der Waals surface area (Å²) in [6.07, 6.45) is 3.50. The fraction of sp³-hybridized carbons (Fsp3) is 0.190. The third kappa shape index (κ3) is 2.91. The van der Waals surface area contributed by atoms with Crippen molar-refractivity contribution in [1.82, 2.24) is 29.4 Å². The van der Waals surface area contributed by atoms with Gasteiger partial charge in [-0.05, 0) is 24.6 Å². The molecule has 10 nitrogen and oxygen atoms in total. The normalized spacial score (nSPS) is 13.5. The number of aromatic nitrogens is 6. The van der Waals surface area contributed by atoms with Crippen molar-refractivity contribution in [2.45, 2.75) is 18.9 Å². The monoisotopic (exact) mass is 417 g/mol. The summed E-state index contributed by atoms with van der Waals surface area (Å²) in [5.41, 5.74) is 6.86. The third-order valence-electron chi connectivity index (χ3n) is 5.25. The average Bonchev–Trinajstić information content (AvgIpc) is 3.52. The standard InChI is InChI=1S/C21H19N7O3/c1-21(19(29)30-2,11-13-7-4-3-5-8-13)28-18-14(12-23-28)17-24-16(15-9-6-10-31-15)26-27(17)20(22)25-18/h3-10,12H,11H2,1-2H3,(H2,22,25). The molecule has 1 aromatic carbocycles. The van der Waals surface area contributed by atoms with Crippen molar-refractivity contribution >= 4 is 28.6 Å². The minimum absolute atomic E-state index is 0.112. The molecule has 0 saturated carbocycles. The van der Waals surface area contributed by atoms with E-state index in [1.165, 1.54) is 11.6 Å². The van der Waals surface area contributed by atoms with Crippen molar-refractivity contribution < 1.29 is 13.9 Å². The molecule has 0 aliphatic rings. The van der Waals surface area contributed by atoms with Gasteiger partial charge in [0.2, 0.25) is 11.8 Å². The Kier molecular flexibility index (Phi) is 4.21. The van der Waals surface area contributed by atoms with Gasteiger partial charge in [-0.15, -0.1) is 5.10 Å². The van der Waals surface area contributed by atoms with Gasteiger partial charge in [-0.3, -0.25) is 0 Å². The van der Waals surface area contributed by atoms with Crippen LogP contribution in [0.15, 0.2) is 59.3 Å². The fourth-order valence-electron chi connectivity index (χ4n) is 3.73. The SMILES string of the molecule is COC(=O)C(C)(Cc1ccccc1)n1ncc2c1nc(N)n1nc(-c3ccco3)nc21. The van der Waals surface area contributed by atoms with Gasteiger partial charge in [-0.2, -0.15) is 14.6 Å². The van der Waals surface area contributed by atoms with E-state index in [4.69, 9.17) is 14.9 Å². The van der Waals surface area contributed by atoms with Crippen LogP contribution in [0, 0.1) is 0 Å². The van der Waals surface area contributed by atoms with E-state index >= 15 is 0 Å². The van der Waals surface area contributed by atoms with E-state index < -0.39 is 11.5 Å². The molecule has 4 aromatic heterocycles. The van der Waals surface area contributed by atoms with E-state index in [2.05, 4.69) is 20.2 Å². The van der Waals surface area contributed by atoms with Crippen LogP contribution in [0.1, 0.15) is 12.5 Å². The minimum Gasteiger partial charge on any atom is -0.467 e. The highest BCUT2D eigenvalue weighted by Gasteiger charge is 2.39. The van der Waals surface area contributed by atoms with Crippen LogP contribution in [0.5, 0.6) is 0 Å². The Bertz CT molecular complexity index is 1390. The molecule has 0 bridgehead atoms. The molecule has 0 fully saturated rings. The van der Waals surface area contributed by atoms with Gasteiger partial charge < -0.3 is 14.9 Å². The zero-order valence-electron chi connectivity index (χ0n) is 16.9. The first-order valence-corrected chi connectivity index (χ1v) is 9.58. The van der Waals surface area contributed by atoms with Crippen molar-refractivity contribution in [2.24, 2.45) is 0 Å². The highest BCUT2D eigenvalue weighted by molar-refractivity contribution is 5.92. The largest absolute Gasteiger partial charge is 0.467 e. The second-order valence-corrected chi connectivity index (χ2v) is 7.34. The summed E-state index contributed by atoms with van der Waals surface area (Å²) in [6, 6.07) is 13.2. The molecule has 4 heterocycles. The van der Waals surface area contributed by atoms with Gasteiger partial charge in [0.1, 0.15) is 0 Å². The van der Waals surface area contributed by atoms with Gasteiger partial charge in [-0.1, -0.05) is 30.3 Å². The molecule has 0 radical (unpaired) electrons. The summed E-state index contributed by atoms with van der Waals surface area (Å²) < 4.78 is 13.5. The Balaban J connectivity index is 1.71. The van der Waals surface area contributed by atoms with Crippen molar-refractivity contribution in [3.05, 3.63) is 60.5 Å². The maximum atomic E-state index is 12.9. The maximum Gasteiger partial charge on any atom is 0.333 e. The number of rotatable bonds is 5. The number of methoxy groups -OCH3 is 1.